The molecule has 0 saturated heterocycles. The summed E-state index contributed by atoms with van der Waals surface area (Å²) in [5.74, 6) is -0.647. The van der Waals surface area contributed by atoms with Crippen molar-refractivity contribution in [3.8, 4) is 0 Å². The van der Waals surface area contributed by atoms with Gasteiger partial charge in [-0.25, -0.2) is 4.39 Å². The van der Waals surface area contributed by atoms with Gasteiger partial charge in [0.05, 0.1) is 0 Å². The van der Waals surface area contributed by atoms with Gasteiger partial charge in [-0.15, -0.1) is 0 Å². The summed E-state index contributed by atoms with van der Waals surface area (Å²) in [5.41, 5.74) is 1.79. The fraction of sp³-hybridized carbons (Fsp3) is 0. The molecule has 3 heteroatoms. The first kappa shape index (κ1) is 11.3. The highest BCUT2D eigenvalue weighted by molar-refractivity contribution is 6.04. The quantitative estimate of drug-likeness (QED) is 0.839. The first-order valence-electron chi connectivity index (χ1n) is 5.14. The SMILES string of the molecule is [CH2]c1ccc(C(=O)Nc2cccc(F)c2)cc1. The lowest BCUT2D eigenvalue weighted by molar-refractivity contribution is 0.102. The second-order valence-corrected chi connectivity index (χ2v) is 3.66. The van der Waals surface area contributed by atoms with Gasteiger partial charge in [0.1, 0.15) is 5.82 Å². The lowest BCUT2D eigenvalue weighted by Crippen LogP contribution is -2.11. The zero-order valence-electron chi connectivity index (χ0n) is 9.11. The molecular formula is C14H11FNO. The van der Waals surface area contributed by atoms with Crippen molar-refractivity contribution < 1.29 is 9.18 Å². The van der Waals surface area contributed by atoms with E-state index in [9.17, 15) is 9.18 Å². The summed E-state index contributed by atoms with van der Waals surface area (Å²) in [7, 11) is 0. The van der Waals surface area contributed by atoms with Gasteiger partial charge in [-0.3, -0.25) is 4.79 Å². The number of amides is 1. The van der Waals surface area contributed by atoms with Crippen molar-refractivity contribution in [2.45, 2.75) is 0 Å². The number of hydrogen-bond acceptors (Lipinski definition) is 1. The van der Waals surface area contributed by atoms with Crippen LogP contribution >= 0.6 is 0 Å². The second-order valence-electron chi connectivity index (χ2n) is 3.66. The van der Waals surface area contributed by atoms with Crippen molar-refractivity contribution in [2.24, 2.45) is 0 Å². The third-order valence-corrected chi connectivity index (χ3v) is 2.30. The van der Waals surface area contributed by atoms with Crippen LogP contribution < -0.4 is 5.32 Å². The summed E-state index contributed by atoms with van der Waals surface area (Å²) in [4.78, 5) is 11.8. The zero-order chi connectivity index (χ0) is 12.3. The summed E-state index contributed by atoms with van der Waals surface area (Å²) >= 11 is 0. The molecule has 85 valence electrons. The number of benzene rings is 2. The van der Waals surface area contributed by atoms with Crippen LogP contribution in [0.5, 0.6) is 0 Å². The average molecular weight is 228 g/mol. The molecule has 0 aromatic heterocycles. The van der Waals surface area contributed by atoms with E-state index in [2.05, 4.69) is 12.2 Å². The number of hydrogen-bond donors (Lipinski definition) is 1. The Morgan fingerprint density at radius 3 is 2.47 bits per heavy atom. The van der Waals surface area contributed by atoms with Gasteiger partial charge in [0.25, 0.3) is 5.91 Å². The van der Waals surface area contributed by atoms with E-state index in [-0.39, 0.29) is 11.7 Å². The smallest absolute Gasteiger partial charge is 0.255 e. The third kappa shape index (κ3) is 2.91. The molecule has 17 heavy (non-hydrogen) atoms. The van der Waals surface area contributed by atoms with E-state index in [1.54, 1.807) is 36.4 Å². The molecule has 0 heterocycles. The number of carbonyl (C=O) groups is 1. The summed E-state index contributed by atoms with van der Waals surface area (Å²) < 4.78 is 12.9. The topological polar surface area (TPSA) is 29.1 Å². The number of nitrogens with one attached hydrogen (secondary N) is 1. The third-order valence-electron chi connectivity index (χ3n) is 2.30. The first-order valence-corrected chi connectivity index (χ1v) is 5.14. The van der Waals surface area contributed by atoms with Crippen molar-refractivity contribution >= 4 is 11.6 Å². The molecule has 2 rings (SSSR count). The Balaban J connectivity index is 2.14. The second kappa shape index (κ2) is 4.78. The summed E-state index contributed by atoms with van der Waals surface area (Å²) in [6, 6.07) is 12.6. The van der Waals surface area contributed by atoms with E-state index in [1.807, 2.05) is 0 Å². The fourth-order valence-electron chi connectivity index (χ4n) is 1.43. The maximum Gasteiger partial charge on any atom is 0.255 e. The molecule has 0 saturated carbocycles. The molecule has 2 aromatic carbocycles. The average Bonchev–Trinajstić information content (AvgIpc) is 2.29. The van der Waals surface area contributed by atoms with Crippen molar-refractivity contribution in [3.05, 3.63) is 72.4 Å². The molecular weight excluding hydrogens is 217 g/mol. The minimum absolute atomic E-state index is 0.268. The normalized spacial score (nSPS) is 10.0. The van der Waals surface area contributed by atoms with Crippen LogP contribution in [0.1, 0.15) is 15.9 Å². The minimum atomic E-state index is -0.379. The van der Waals surface area contributed by atoms with E-state index in [4.69, 9.17) is 0 Å². The lowest BCUT2D eigenvalue weighted by Gasteiger charge is -2.05. The van der Waals surface area contributed by atoms with E-state index >= 15 is 0 Å². The van der Waals surface area contributed by atoms with Gasteiger partial charge < -0.3 is 5.32 Å². The van der Waals surface area contributed by atoms with Crippen LogP contribution in [0.2, 0.25) is 0 Å². The van der Waals surface area contributed by atoms with Crippen LogP contribution in [0.3, 0.4) is 0 Å². The number of anilines is 1. The fourth-order valence-corrected chi connectivity index (χ4v) is 1.43. The molecule has 0 fully saturated rings. The molecule has 1 radical (unpaired) electrons. The van der Waals surface area contributed by atoms with E-state index in [1.165, 1.54) is 12.1 Å². The predicted molar refractivity (Wildman–Crippen MR) is 65.3 cm³/mol. The molecule has 0 aliphatic heterocycles. The Labute approximate surface area is 99.1 Å². The van der Waals surface area contributed by atoms with Gasteiger partial charge in [-0.2, -0.15) is 0 Å². The molecule has 0 spiro atoms. The summed E-state index contributed by atoms with van der Waals surface area (Å²) in [5, 5.41) is 2.62. The van der Waals surface area contributed by atoms with Crippen molar-refractivity contribution in [1.29, 1.82) is 0 Å². The number of carbonyl (C=O) groups excluding carboxylic acids is 1. The molecule has 1 amide bonds. The Morgan fingerprint density at radius 2 is 1.82 bits per heavy atom. The van der Waals surface area contributed by atoms with Crippen LogP contribution in [0.25, 0.3) is 0 Å². The molecule has 2 aromatic rings. The highest BCUT2D eigenvalue weighted by atomic mass is 19.1. The number of rotatable bonds is 2. The summed E-state index contributed by atoms with van der Waals surface area (Å²) in [6.07, 6.45) is 0. The highest BCUT2D eigenvalue weighted by Crippen LogP contribution is 2.11. The zero-order valence-corrected chi connectivity index (χ0v) is 9.11. The monoisotopic (exact) mass is 228 g/mol. The molecule has 2 nitrogen and oxygen atoms in total. The van der Waals surface area contributed by atoms with E-state index < -0.39 is 0 Å². The molecule has 0 unspecified atom stereocenters. The summed E-state index contributed by atoms with van der Waals surface area (Å²) in [6.45, 7) is 3.74. The van der Waals surface area contributed by atoms with Crippen molar-refractivity contribution in [2.75, 3.05) is 5.32 Å². The van der Waals surface area contributed by atoms with Crippen LogP contribution in [0.15, 0.2) is 48.5 Å². The van der Waals surface area contributed by atoms with Crippen LogP contribution in [0, 0.1) is 12.7 Å². The maximum atomic E-state index is 12.9. The Hall–Kier alpha value is -2.16. The van der Waals surface area contributed by atoms with Crippen molar-refractivity contribution in [1.82, 2.24) is 0 Å². The number of halogens is 1. The van der Waals surface area contributed by atoms with Gasteiger partial charge >= 0.3 is 0 Å². The van der Waals surface area contributed by atoms with Gasteiger partial charge in [0, 0.05) is 11.3 Å². The van der Waals surface area contributed by atoms with Gasteiger partial charge in [0.2, 0.25) is 0 Å². The molecule has 0 aliphatic rings. The molecule has 0 bridgehead atoms. The van der Waals surface area contributed by atoms with Crippen LogP contribution in [-0.2, 0) is 0 Å². The molecule has 1 N–H and O–H groups in total. The minimum Gasteiger partial charge on any atom is -0.322 e. The van der Waals surface area contributed by atoms with E-state index in [0.717, 1.165) is 5.56 Å². The molecule has 0 atom stereocenters. The Morgan fingerprint density at radius 1 is 1.12 bits per heavy atom. The van der Waals surface area contributed by atoms with E-state index in [0.29, 0.717) is 11.3 Å². The van der Waals surface area contributed by atoms with Gasteiger partial charge in [-0.05, 0) is 42.8 Å². The first-order chi connectivity index (χ1) is 8.15. The Kier molecular flexibility index (Phi) is 3.19. The Bertz CT molecular complexity index is 534. The lowest BCUT2D eigenvalue weighted by atomic mass is 10.1. The predicted octanol–water partition coefficient (Wildman–Crippen LogP) is 3.26. The standard InChI is InChI=1S/C14H11FNO/c1-10-5-7-11(8-6-10)14(17)16-13-4-2-3-12(15)9-13/h2-9H,1H2,(H,16,17). The maximum absolute atomic E-state index is 12.9. The van der Waals surface area contributed by atoms with Gasteiger partial charge in [0.15, 0.2) is 0 Å². The van der Waals surface area contributed by atoms with Crippen molar-refractivity contribution in [3.63, 3.8) is 0 Å². The van der Waals surface area contributed by atoms with Crippen LogP contribution in [0.4, 0.5) is 10.1 Å². The highest BCUT2D eigenvalue weighted by Gasteiger charge is 2.05. The van der Waals surface area contributed by atoms with Crippen LogP contribution in [-0.4, -0.2) is 5.91 Å². The largest absolute Gasteiger partial charge is 0.322 e. The molecule has 0 aliphatic carbocycles. The van der Waals surface area contributed by atoms with Gasteiger partial charge in [-0.1, -0.05) is 18.2 Å².